The molecule has 0 radical (unpaired) electrons. The lowest BCUT2D eigenvalue weighted by Gasteiger charge is -2.10. The van der Waals surface area contributed by atoms with Gasteiger partial charge >= 0.3 is 0 Å². The van der Waals surface area contributed by atoms with Crippen LogP contribution in [0.1, 0.15) is 18.9 Å². The first-order chi connectivity index (χ1) is 8.54. The Labute approximate surface area is 118 Å². The van der Waals surface area contributed by atoms with Crippen molar-refractivity contribution in [1.82, 2.24) is 5.32 Å². The summed E-state index contributed by atoms with van der Waals surface area (Å²) in [5.74, 6) is -1.73. The zero-order valence-electron chi connectivity index (χ0n) is 10.8. The lowest BCUT2D eigenvalue weighted by atomic mass is 10.1. The monoisotopic (exact) mass is 292 g/mol. The summed E-state index contributed by atoms with van der Waals surface area (Å²) < 4.78 is 26.2. The zero-order chi connectivity index (χ0) is 13.5. The normalized spacial score (nSPS) is 11.6. The number of nitrogens with two attached hydrogens (primary N) is 1. The zero-order valence-corrected chi connectivity index (χ0v) is 11.6. The summed E-state index contributed by atoms with van der Waals surface area (Å²) in [5, 5.41) is 2.70. The van der Waals surface area contributed by atoms with Crippen LogP contribution in [-0.2, 0) is 11.2 Å². The maximum atomic E-state index is 13.3. The molecule has 0 fully saturated rings. The van der Waals surface area contributed by atoms with Gasteiger partial charge in [-0.3, -0.25) is 4.79 Å². The average Bonchev–Trinajstić information content (AvgIpc) is 2.37. The van der Waals surface area contributed by atoms with E-state index in [1.54, 1.807) is 0 Å². The Hall–Kier alpha value is -1.20. The number of carbonyl (C=O) groups is 1. The predicted molar refractivity (Wildman–Crippen MR) is 73.2 cm³/mol. The van der Waals surface area contributed by atoms with Crippen LogP contribution in [0, 0.1) is 17.6 Å². The van der Waals surface area contributed by atoms with Gasteiger partial charge in [0.1, 0.15) is 0 Å². The van der Waals surface area contributed by atoms with Gasteiger partial charge in [-0.05, 0) is 30.5 Å². The third-order valence-corrected chi connectivity index (χ3v) is 2.70. The van der Waals surface area contributed by atoms with Crippen molar-refractivity contribution in [2.45, 2.75) is 19.8 Å². The molecule has 1 amide bonds. The number of amides is 1. The Morgan fingerprint density at radius 2 is 2.11 bits per heavy atom. The van der Waals surface area contributed by atoms with Gasteiger partial charge in [-0.25, -0.2) is 8.78 Å². The van der Waals surface area contributed by atoms with Gasteiger partial charge in [-0.2, -0.15) is 0 Å². The van der Waals surface area contributed by atoms with Crippen LogP contribution in [0.15, 0.2) is 18.2 Å². The van der Waals surface area contributed by atoms with Crippen molar-refractivity contribution in [3.63, 3.8) is 0 Å². The van der Waals surface area contributed by atoms with E-state index in [0.29, 0.717) is 13.1 Å². The fourth-order valence-corrected chi connectivity index (χ4v) is 1.45. The first-order valence-electron chi connectivity index (χ1n) is 5.94. The lowest BCUT2D eigenvalue weighted by molar-refractivity contribution is -0.121. The highest BCUT2D eigenvalue weighted by atomic mass is 35.5. The molecular formula is C13H19ClF2N2O. The molecule has 19 heavy (non-hydrogen) atoms. The van der Waals surface area contributed by atoms with Crippen LogP contribution in [-0.4, -0.2) is 19.0 Å². The second kappa shape index (κ2) is 8.82. The minimum absolute atomic E-state index is 0. The van der Waals surface area contributed by atoms with E-state index in [1.807, 2.05) is 6.92 Å². The molecule has 0 aliphatic heterocycles. The number of carbonyl (C=O) groups excluding carboxylic acids is 1. The molecule has 0 bridgehead atoms. The van der Waals surface area contributed by atoms with Crippen LogP contribution < -0.4 is 11.1 Å². The van der Waals surface area contributed by atoms with E-state index in [1.165, 1.54) is 12.1 Å². The predicted octanol–water partition coefficient (Wildman–Crippen LogP) is 2.03. The van der Waals surface area contributed by atoms with Gasteiger partial charge in [-0.15, -0.1) is 12.4 Å². The molecule has 0 saturated heterocycles. The van der Waals surface area contributed by atoms with Crippen molar-refractivity contribution in [2.75, 3.05) is 13.1 Å². The second-order valence-corrected chi connectivity index (χ2v) is 4.36. The highest BCUT2D eigenvalue weighted by Crippen LogP contribution is 2.12. The highest BCUT2D eigenvalue weighted by Gasteiger charge is 2.10. The summed E-state index contributed by atoms with van der Waals surface area (Å²) in [5.41, 5.74) is 5.64. The average molecular weight is 293 g/mol. The lowest BCUT2D eigenvalue weighted by Crippen LogP contribution is -2.31. The minimum Gasteiger partial charge on any atom is -0.356 e. The van der Waals surface area contributed by atoms with Crippen molar-refractivity contribution in [3.8, 4) is 0 Å². The van der Waals surface area contributed by atoms with Crippen molar-refractivity contribution < 1.29 is 13.6 Å². The molecule has 0 heterocycles. The molecule has 0 aliphatic carbocycles. The molecule has 0 aromatic heterocycles. The SMILES string of the molecule is CC(CN)CNC(=O)CCc1cccc(F)c1F.Cl. The van der Waals surface area contributed by atoms with E-state index >= 15 is 0 Å². The van der Waals surface area contributed by atoms with Crippen LogP contribution in [0.2, 0.25) is 0 Å². The van der Waals surface area contributed by atoms with E-state index in [4.69, 9.17) is 5.73 Å². The van der Waals surface area contributed by atoms with Gasteiger partial charge in [-0.1, -0.05) is 19.1 Å². The minimum atomic E-state index is -0.885. The number of halogens is 3. The van der Waals surface area contributed by atoms with Crippen LogP contribution in [0.5, 0.6) is 0 Å². The standard InChI is InChI=1S/C13H18F2N2O.ClH/c1-9(7-16)8-17-12(18)6-5-10-3-2-4-11(14)13(10)15;/h2-4,9H,5-8,16H2,1H3,(H,17,18);1H. The quantitative estimate of drug-likeness (QED) is 0.843. The number of aryl methyl sites for hydroxylation is 1. The van der Waals surface area contributed by atoms with Crippen LogP contribution in [0.25, 0.3) is 0 Å². The molecule has 1 aromatic carbocycles. The fourth-order valence-electron chi connectivity index (χ4n) is 1.45. The molecule has 3 N–H and O–H groups in total. The van der Waals surface area contributed by atoms with E-state index in [9.17, 15) is 13.6 Å². The molecule has 0 spiro atoms. The van der Waals surface area contributed by atoms with Gasteiger partial charge in [0.15, 0.2) is 11.6 Å². The number of nitrogens with one attached hydrogen (secondary N) is 1. The van der Waals surface area contributed by atoms with Crippen molar-refractivity contribution >= 4 is 18.3 Å². The largest absolute Gasteiger partial charge is 0.356 e. The molecule has 1 aromatic rings. The Morgan fingerprint density at radius 3 is 2.74 bits per heavy atom. The number of hydrogen-bond donors (Lipinski definition) is 2. The van der Waals surface area contributed by atoms with Gasteiger partial charge in [0.2, 0.25) is 5.91 Å². The number of hydrogen-bond acceptors (Lipinski definition) is 2. The summed E-state index contributed by atoms with van der Waals surface area (Å²) in [7, 11) is 0. The van der Waals surface area contributed by atoms with E-state index in [2.05, 4.69) is 5.32 Å². The maximum Gasteiger partial charge on any atom is 0.220 e. The molecule has 1 rings (SSSR count). The summed E-state index contributed by atoms with van der Waals surface area (Å²) >= 11 is 0. The molecule has 1 unspecified atom stereocenters. The summed E-state index contributed by atoms with van der Waals surface area (Å²) in [6, 6.07) is 3.97. The van der Waals surface area contributed by atoms with Crippen molar-refractivity contribution in [2.24, 2.45) is 11.7 Å². The Bertz CT molecular complexity index is 416. The number of rotatable bonds is 6. The summed E-state index contributed by atoms with van der Waals surface area (Å²) in [6.45, 7) is 2.92. The van der Waals surface area contributed by atoms with Gasteiger partial charge in [0.05, 0.1) is 0 Å². The Kier molecular flexibility index (Phi) is 8.27. The third-order valence-electron chi connectivity index (χ3n) is 2.70. The summed E-state index contributed by atoms with van der Waals surface area (Å²) in [6.07, 6.45) is 0.324. The van der Waals surface area contributed by atoms with Crippen molar-refractivity contribution in [1.29, 1.82) is 0 Å². The first kappa shape index (κ1) is 17.8. The highest BCUT2D eigenvalue weighted by molar-refractivity contribution is 5.85. The van der Waals surface area contributed by atoms with E-state index < -0.39 is 11.6 Å². The van der Waals surface area contributed by atoms with Crippen LogP contribution >= 0.6 is 12.4 Å². The molecule has 0 aliphatic rings. The molecule has 108 valence electrons. The fraction of sp³-hybridized carbons (Fsp3) is 0.462. The molecule has 6 heteroatoms. The Balaban J connectivity index is 0.00000324. The molecular weight excluding hydrogens is 274 g/mol. The molecule has 1 atom stereocenters. The first-order valence-corrected chi connectivity index (χ1v) is 5.94. The number of benzene rings is 1. The third kappa shape index (κ3) is 5.98. The van der Waals surface area contributed by atoms with E-state index in [0.717, 1.165) is 6.07 Å². The van der Waals surface area contributed by atoms with Crippen LogP contribution in [0.3, 0.4) is 0 Å². The Morgan fingerprint density at radius 1 is 1.42 bits per heavy atom. The van der Waals surface area contributed by atoms with Crippen molar-refractivity contribution in [3.05, 3.63) is 35.4 Å². The second-order valence-electron chi connectivity index (χ2n) is 4.36. The van der Waals surface area contributed by atoms with Gasteiger partial charge in [0.25, 0.3) is 0 Å². The van der Waals surface area contributed by atoms with E-state index in [-0.39, 0.29) is 42.6 Å². The van der Waals surface area contributed by atoms with Crippen LogP contribution in [0.4, 0.5) is 8.78 Å². The van der Waals surface area contributed by atoms with Gasteiger partial charge < -0.3 is 11.1 Å². The van der Waals surface area contributed by atoms with Gasteiger partial charge in [0, 0.05) is 13.0 Å². The maximum absolute atomic E-state index is 13.3. The topological polar surface area (TPSA) is 55.1 Å². The smallest absolute Gasteiger partial charge is 0.220 e. The molecule has 0 saturated carbocycles. The summed E-state index contributed by atoms with van der Waals surface area (Å²) in [4.78, 5) is 11.5. The molecule has 3 nitrogen and oxygen atoms in total.